The quantitative estimate of drug-likeness (QED) is 0.797. The molecule has 2 rings (SSSR count). The number of aryl methyl sites for hydroxylation is 2. The summed E-state index contributed by atoms with van der Waals surface area (Å²) in [6, 6.07) is 7.48. The SMILES string of the molecule is CCc1ccc(C(=O)Cn2c(C)c(Br)c(C)nc2=O)cc1. The van der Waals surface area contributed by atoms with Gasteiger partial charge in [0.1, 0.15) is 0 Å². The maximum Gasteiger partial charge on any atom is 0.348 e. The number of halogens is 1. The Kier molecular flexibility index (Phi) is 4.73. The summed E-state index contributed by atoms with van der Waals surface area (Å²) in [4.78, 5) is 28.2. The van der Waals surface area contributed by atoms with Gasteiger partial charge in [-0.2, -0.15) is 4.98 Å². The van der Waals surface area contributed by atoms with Crippen molar-refractivity contribution in [3.63, 3.8) is 0 Å². The van der Waals surface area contributed by atoms with Crippen molar-refractivity contribution in [3.8, 4) is 0 Å². The van der Waals surface area contributed by atoms with E-state index in [1.54, 1.807) is 26.0 Å². The minimum Gasteiger partial charge on any atom is -0.292 e. The summed E-state index contributed by atoms with van der Waals surface area (Å²) in [7, 11) is 0. The average molecular weight is 349 g/mol. The van der Waals surface area contributed by atoms with Crippen LogP contribution in [0.15, 0.2) is 33.5 Å². The Labute approximate surface area is 132 Å². The van der Waals surface area contributed by atoms with Crippen molar-refractivity contribution >= 4 is 21.7 Å². The molecule has 0 aliphatic heterocycles. The van der Waals surface area contributed by atoms with E-state index >= 15 is 0 Å². The van der Waals surface area contributed by atoms with Gasteiger partial charge in [0.15, 0.2) is 5.78 Å². The molecule has 0 saturated heterocycles. The highest BCUT2D eigenvalue weighted by Crippen LogP contribution is 2.17. The highest BCUT2D eigenvalue weighted by molar-refractivity contribution is 9.10. The molecular weight excluding hydrogens is 332 g/mol. The largest absolute Gasteiger partial charge is 0.348 e. The second-order valence-corrected chi connectivity index (χ2v) is 5.73. The van der Waals surface area contributed by atoms with E-state index in [-0.39, 0.29) is 12.3 Å². The van der Waals surface area contributed by atoms with Gasteiger partial charge in [0.25, 0.3) is 0 Å². The molecule has 0 atom stereocenters. The maximum absolute atomic E-state index is 12.3. The molecule has 0 unspecified atom stereocenters. The molecule has 4 nitrogen and oxygen atoms in total. The number of rotatable bonds is 4. The lowest BCUT2D eigenvalue weighted by Gasteiger charge is -2.11. The Morgan fingerprint density at radius 1 is 1.24 bits per heavy atom. The molecule has 0 spiro atoms. The van der Waals surface area contributed by atoms with Gasteiger partial charge in [-0.25, -0.2) is 4.79 Å². The molecule has 0 N–H and O–H groups in total. The van der Waals surface area contributed by atoms with Crippen molar-refractivity contribution in [2.75, 3.05) is 0 Å². The van der Waals surface area contributed by atoms with E-state index in [1.165, 1.54) is 10.1 Å². The summed E-state index contributed by atoms with van der Waals surface area (Å²) in [5, 5.41) is 0. The van der Waals surface area contributed by atoms with Crippen LogP contribution in [0.25, 0.3) is 0 Å². The zero-order valence-electron chi connectivity index (χ0n) is 12.3. The van der Waals surface area contributed by atoms with Crippen LogP contribution in [0.2, 0.25) is 0 Å². The van der Waals surface area contributed by atoms with Gasteiger partial charge in [0, 0.05) is 11.3 Å². The summed E-state index contributed by atoms with van der Waals surface area (Å²) in [5.41, 5.74) is 2.74. The van der Waals surface area contributed by atoms with Crippen LogP contribution in [0.5, 0.6) is 0 Å². The fourth-order valence-electron chi connectivity index (χ4n) is 2.12. The zero-order valence-corrected chi connectivity index (χ0v) is 13.9. The fourth-order valence-corrected chi connectivity index (χ4v) is 2.43. The van der Waals surface area contributed by atoms with Gasteiger partial charge in [0.05, 0.1) is 16.7 Å². The van der Waals surface area contributed by atoms with Crippen LogP contribution in [0.4, 0.5) is 0 Å². The molecule has 0 aliphatic carbocycles. The maximum atomic E-state index is 12.3. The van der Waals surface area contributed by atoms with Crippen LogP contribution in [0.1, 0.15) is 34.2 Å². The monoisotopic (exact) mass is 348 g/mol. The van der Waals surface area contributed by atoms with E-state index in [0.717, 1.165) is 10.9 Å². The Balaban J connectivity index is 2.31. The molecule has 0 fully saturated rings. The fraction of sp³-hybridized carbons (Fsp3) is 0.312. The third-order valence-electron chi connectivity index (χ3n) is 3.52. The number of nitrogens with zero attached hydrogens (tertiary/aromatic N) is 2. The van der Waals surface area contributed by atoms with E-state index < -0.39 is 5.69 Å². The molecule has 0 saturated carbocycles. The van der Waals surface area contributed by atoms with Crippen LogP contribution >= 0.6 is 15.9 Å². The second-order valence-electron chi connectivity index (χ2n) is 4.94. The van der Waals surface area contributed by atoms with E-state index in [4.69, 9.17) is 0 Å². The minimum atomic E-state index is -0.397. The van der Waals surface area contributed by atoms with Gasteiger partial charge in [0.2, 0.25) is 0 Å². The minimum absolute atomic E-state index is 0.00200. The smallest absolute Gasteiger partial charge is 0.292 e. The summed E-state index contributed by atoms with van der Waals surface area (Å²) < 4.78 is 2.16. The first-order chi connectivity index (χ1) is 9.93. The number of hydrogen-bond acceptors (Lipinski definition) is 3. The molecule has 5 heteroatoms. The Morgan fingerprint density at radius 2 is 1.86 bits per heavy atom. The van der Waals surface area contributed by atoms with Crippen molar-refractivity contribution < 1.29 is 4.79 Å². The zero-order chi connectivity index (χ0) is 15.6. The molecule has 0 bridgehead atoms. The summed E-state index contributed by atoms with van der Waals surface area (Å²) >= 11 is 3.40. The van der Waals surface area contributed by atoms with Gasteiger partial charge < -0.3 is 0 Å². The highest BCUT2D eigenvalue weighted by atomic mass is 79.9. The first-order valence-electron chi connectivity index (χ1n) is 6.79. The standard InChI is InChI=1S/C16H17BrN2O2/c1-4-12-5-7-13(8-6-12)14(20)9-19-11(3)15(17)10(2)18-16(19)21/h5-8H,4,9H2,1-3H3. The van der Waals surface area contributed by atoms with Crippen LogP contribution in [-0.2, 0) is 13.0 Å². The number of aromatic nitrogens is 2. The number of carbonyl (C=O) groups is 1. The van der Waals surface area contributed by atoms with E-state index in [1.807, 2.05) is 12.1 Å². The van der Waals surface area contributed by atoms with Crippen molar-refractivity contribution in [2.45, 2.75) is 33.7 Å². The lowest BCUT2D eigenvalue weighted by atomic mass is 10.1. The van der Waals surface area contributed by atoms with Crippen LogP contribution in [0.3, 0.4) is 0 Å². The normalized spacial score (nSPS) is 10.7. The molecule has 0 aliphatic rings. The van der Waals surface area contributed by atoms with E-state index in [9.17, 15) is 9.59 Å². The molecule has 21 heavy (non-hydrogen) atoms. The van der Waals surface area contributed by atoms with Gasteiger partial charge in [-0.3, -0.25) is 9.36 Å². The Hall–Kier alpha value is -1.75. The lowest BCUT2D eigenvalue weighted by Crippen LogP contribution is -2.29. The summed E-state index contributed by atoms with van der Waals surface area (Å²) in [6.45, 7) is 5.62. The first kappa shape index (κ1) is 15.6. The number of ketones is 1. The number of benzene rings is 1. The van der Waals surface area contributed by atoms with Crippen molar-refractivity contribution in [1.29, 1.82) is 0 Å². The number of hydrogen-bond donors (Lipinski definition) is 0. The second kappa shape index (κ2) is 6.35. The van der Waals surface area contributed by atoms with E-state index in [0.29, 0.717) is 17.0 Å². The molecule has 2 aromatic rings. The molecule has 1 aromatic heterocycles. The predicted molar refractivity (Wildman–Crippen MR) is 85.8 cm³/mol. The Bertz CT molecular complexity index is 733. The van der Waals surface area contributed by atoms with Gasteiger partial charge >= 0.3 is 5.69 Å². The van der Waals surface area contributed by atoms with Gasteiger partial charge in [-0.1, -0.05) is 31.2 Å². The number of carbonyl (C=O) groups excluding carboxylic acids is 1. The van der Waals surface area contributed by atoms with Crippen LogP contribution in [-0.4, -0.2) is 15.3 Å². The highest BCUT2D eigenvalue weighted by Gasteiger charge is 2.13. The van der Waals surface area contributed by atoms with Gasteiger partial charge in [-0.15, -0.1) is 0 Å². The summed E-state index contributed by atoms with van der Waals surface area (Å²) in [6.07, 6.45) is 0.932. The van der Waals surface area contributed by atoms with Crippen molar-refractivity contribution in [1.82, 2.24) is 9.55 Å². The van der Waals surface area contributed by atoms with Crippen molar-refractivity contribution in [3.05, 3.63) is 61.7 Å². The average Bonchev–Trinajstić information content (AvgIpc) is 2.49. The predicted octanol–water partition coefficient (Wildman–Crippen LogP) is 3.07. The molecule has 110 valence electrons. The molecular formula is C16H17BrN2O2. The lowest BCUT2D eigenvalue weighted by molar-refractivity contribution is 0.0969. The molecule has 0 radical (unpaired) electrons. The topological polar surface area (TPSA) is 52.0 Å². The van der Waals surface area contributed by atoms with Crippen molar-refractivity contribution in [2.24, 2.45) is 0 Å². The van der Waals surface area contributed by atoms with Crippen LogP contribution < -0.4 is 5.69 Å². The first-order valence-corrected chi connectivity index (χ1v) is 7.59. The van der Waals surface area contributed by atoms with E-state index in [2.05, 4.69) is 27.8 Å². The molecule has 1 heterocycles. The molecule has 0 amide bonds. The third-order valence-corrected chi connectivity index (χ3v) is 4.67. The van der Waals surface area contributed by atoms with Gasteiger partial charge in [-0.05, 0) is 41.8 Å². The third kappa shape index (κ3) is 3.29. The summed E-state index contributed by atoms with van der Waals surface area (Å²) in [5.74, 6) is -0.0968. The molecule has 1 aromatic carbocycles. The van der Waals surface area contributed by atoms with Crippen LogP contribution in [0, 0.1) is 13.8 Å². The number of Topliss-reactive ketones (excluding diaryl/α,β-unsaturated/α-hetero) is 1. The Morgan fingerprint density at radius 3 is 2.43 bits per heavy atom.